The fourth-order valence-electron chi connectivity index (χ4n) is 1.23. The molecule has 6 nitrogen and oxygen atoms in total. The largest absolute Gasteiger partial charge is 0.396 e. The summed E-state index contributed by atoms with van der Waals surface area (Å²) in [5.74, 6) is 0. The number of hydrogen-bond donors (Lipinski definition) is 2. The molecule has 3 N–H and O–H groups in total. The van der Waals surface area contributed by atoms with Crippen molar-refractivity contribution >= 4 is 48.7 Å². The summed E-state index contributed by atoms with van der Waals surface area (Å²) in [6, 6.07) is 2.51. The van der Waals surface area contributed by atoms with Gasteiger partial charge in [0.15, 0.2) is 9.84 Å². The molecule has 1 rings (SSSR count). The second kappa shape index (κ2) is 5.92. The highest BCUT2D eigenvalue weighted by Gasteiger charge is 2.32. The van der Waals surface area contributed by atoms with Gasteiger partial charge < -0.3 is 5.73 Å². The first-order valence-corrected chi connectivity index (χ1v) is 9.85. The monoisotopic (exact) mass is 374 g/mol. The van der Waals surface area contributed by atoms with Gasteiger partial charge in [0.05, 0.1) is 20.5 Å². The van der Waals surface area contributed by atoms with E-state index in [9.17, 15) is 16.8 Å². The maximum Gasteiger partial charge on any atom is 0.242 e. The van der Waals surface area contributed by atoms with Crippen LogP contribution in [0, 0.1) is 0 Å². The number of benzene rings is 1. The van der Waals surface area contributed by atoms with Crippen molar-refractivity contribution in [3.63, 3.8) is 0 Å². The number of sulfonamides is 1. The molecule has 1 aromatic carbocycles. The lowest BCUT2D eigenvalue weighted by molar-refractivity contribution is 0.537. The van der Waals surface area contributed by atoms with Crippen molar-refractivity contribution in [3.05, 3.63) is 22.2 Å². The van der Waals surface area contributed by atoms with Crippen LogP contribution in [-0.4, -0.2) is 34.4 Å². The first-order valence-electron chi connectivity index (χ1n) is 5.72. The smallest absolute Gasteiger partial charge is 0.242 e. The van der Waals surface area contributed by atoms with E-state index in [0.717, 1.165) is 6.26 Å². The van der Waals surface area contributed by atoms with Gasteiger partial charge in [-0.1, -0.05) is 23.2 Å². The van der Waals surface area contributed by atoms with Crippen molar-refractivity contribution in [2.75, 3.05) is 18.5 Å². The summed E-state index contributed by atoms with van der Waals surface area (Å²) in [5, 5.41) is -0.0671. The SMILES string of the molecule is CC(C)(CNS(=O)(=O)c1ccc(Cl)c(N)c1Cl)S(C)(=O)=O. The van der Waals surface area contributed by atoms with Gasteiger partial charge in [-0.25, -0.2) is 21.6 Å². The summed E-state index contributed by atoms with van der Waals surface area (Å²) in [6.07, 6.45) is 1.04. The van der Waals surface area contributed by atoms with Gasteiger partial charge >= 0.3 is 0 Å². The molecule has 0 spiro atoms. The molecule has 1 aromatic rings. The molecule has 0 amide bonds. The molecule has 0 bridgehead atoms. The summed E-state index contributed by atoms with van der Waals surface area (Å²) < 4.78 is 48.5. The van der Waals surface area contributed by atoms with Crippen LogP contribution in [0.2, 0.25) is 10.0 Å². The minimum Gasteiger partial charge on any atom is -0.396 e. The van der Waals surface area contributed by atoms with Gasteiger partial charge in [0.2, 0.25) is 10.0 Å². The molecule has 0 aliphatic carbocycles. The summed E-state index contributed by atoms with van der Waals surface area (Å²) in [7, 11) is -7.45. The van der Waals surface area contributed by atoms with Crippen LogP contribution in [0.4, 0.5) is 5.69 Å². The van der Waals surface area contributed by atoms with E-state index in [1.807, 2.05) is 0 Å². The first-order chi connectivity index (χ1) is 9.29. The molecule has 0 heterocycles. The number of nitrogens with two attached hydrogens (primary N) is 1. The number of nitrogen functional groups attached to an aromatic ring is 1. The fraction of sp³-hybridized carbons (Fsp3) is 0.455. The average molecular weight is 375 g/mol. The molecule has 0 atom stereocenters. The Morgan fingerprint density at radius 2 is 1.71 bits per heavy atom. The standard InChI is InChI=1S/C11H16Cl2N2O4S2/c1-11(2,20(3,16)17)6-15-21(18,19)8-5-4-7(12)10(14)9(8)13/h4-5,15H,6,14H2,1-3H3. The molecule has 0 aliphatic rings. The van der Waals surface area contributed by atoms with Crippen LogP contribution in [0.5, 0.6) is 0 Å². The number of halogens is 2. The number of nitrogens with one attached hydrogen (secondary N) is 1. The Bertz CT molecular complexity index is 759. The summed E-state index contributed by atoms with van der Waals surface area (Å²) in [5.41, 5.74) is 5.53. The Morgan fingerprint density at radius 3 is 2.19 bits per heavy atom. The molecular formula is C11H16Cl2N2O4S2. The zero-order chi connectivity index (χ0) is 16.6. The Hall–Kier alpha value is -0.540. The van der Waals surface area contributed by atoms with E-state index in [-0.39, 0.29) is 27.2 Å². The van der Waals surface area contributed by atoms with Crippen molar-refractivity contribution in [1.82, 2.24) is 4.72 Å². The van der Waals surface area contributed by atoms with Gasteiger partial charge in [0.1, 0.15) is 4.90 Å². The highest BCUT2D eigenvalue weighted by Crippen LogP contribution is 2.33. The van der Waals surface area contributed by atoms with Crippen LogP contribution in [0.1, 0.15) is 13.8 Å². The molecule has 0 fully saturated rings. The van der Waals surface area contributed by atoms with Crippen molar-refractivity contribution < 1.29 is 16.8 Å². The summed E-state index contributed by atoms with van der Waals surface area (Å²) >= 11 is 11.6. The van der Waals surface area contributed by atoms with Crippen LogP contribution in [0.15, 0.2) is 17.0 Å². The van der Waals surface area contributed by atoms with Crippen molar-refractivity contribution in [2.45, 2.75) is 23.5 Å². The van der Waals surface area contributed by atoms with Gasteiger partial charge in [-0.05, 0) is 26.0 Å². The van der Waals surface area contributed by atoms with Gasteiger partial charge in [-0.3, -0.25) is 0 Å². The van der Waals surface area contributed by atoms with Gasteiger partial charge in [0.25, 0.3) is 0 Å². The van der Waals surface area contributed by atoms with Crippen molar-refractivity contribution in [3.8, 4) is 0 Å². The number of rotatable bonds is 5. The van der Waals surface area contributed by atoms with E-state index in [1.54, 1.807) is 0 Å². The number of anilines is 1. The molecule has 0 aromatic heterocycles. The lowest BCUT2D eigenvalue weighted by atomic mass is 10.2. The van der Waals surface area contributed by atoms with Crippen molar-refractivity contribution in [1.29, 1.82) is 0 Å². The Morgan fingerprint density at radius 1 is 1.19 bits per heavy atom. The lowest BCUT2D eigenvalue weighted by Gasteiger charge is -2.23. The first kappa shape index (κ1) is 18.5. The zero-order valence-corrected chi connectivity index (χ0v) is 14.8. The van der Waals surface area contributed by atoms with E-state index in [4.69, 9.17) is 28.9 Å². The average Bonchev–Trinajstić information content (AvgIpc) is 2.32. The van der Waals surface area contributed by atoms with Crippen LogP contribution >= 0.6 is 23.2 Å². The highest BCUT2D eigenvalue weighted by atomic mass is 35.5. The molecule has 0 saturated carbocycles. The van der Waals surface area contributed by atoms with Gasteiger partial charge in [-0.15, -0.1) is 0 Å². The molecule has 10 heteroatoms. The van der Waals surface area contributed by atoms with Crippen molar-refractivity contribution in [2.24, 2.45) is 0 Å². The second-order valence-electron chi connectivity index (χ2n) is 5.13. The molecule has 21 heavy (non-hydrogen) atoms. The minimum atomic E-state index is -4.01. The Kier molecular flexibility index (Phi) is 5.22. The molecule has 0 radical (unpaired) electrons. The molecular weight excluding hydrogens is 359 g/mol. The molecule has 0 saturated heterocycles. The molecule has 120 valence electrons. The van der Waals surface area contributed by atoms with E-state index < -0.39 is 24.6 Å². The fourth-order valence-corrected chi connectivity index (χ4v) is 3.64. The molecule has 0 unspecified atom stereocenters. The third-order valence-electron chi connectivity index (χ3n) is 3.07. The number of sulfone groups is 1. The van der Waals surface area contributed by atoms with E-state index in [2.05, 4.69) is 4.72 Å². The van der Waals surface area contributed by atoms with Gasteiger partial charge in [0, 0.05) is 12.8 Å². The maximum atomic E-state index is 12.2. The third kappa shape index (κ3) is 4.01. The zero-order valence-electron chi connectivity index (χ0n) is 11.6. The van der Waals surface area contributed by atoms with Crippen LogP contribution in [0.25, 0.3) is 0 Å². The predicted octanol–water partition coefficient (Wildman–Crippen LogP) is 1.68. The minimum absolute atomic E-state index is 0.0522. The van der Waals surface area contributed by atoms with Gasteiger partial charge in [-0.2, -0.15) is 0 Å². The quantitative estimate of drug-likeness (QED) is 0.762. The lowest BCUT2D eigenvalue weighted by Crippen LogP contribution is -2.43. The predicted molar refractivity (Wildman–Crippen MR) is 85.0 cm³/mol. The summed E-state index contributed by atoms with van der Waals surface area (Å²) in [4.78, 5) is -0.254. The Balaban J connectivity index is 3.13. The Labute approximate surface area is 134 Å². The number of hydrogen-bond acceptors (Lipinski definition) is 5. The van der Waals surface area contributed by atoms with E-state index in [1.165, 1.54) is 26.0 Å². The van der Waals surface area contributed by atoms with E-state index in [0.29, 0.717) is 0 Å². The maximum absolute atomic E-state index is 12.2. The van der Waals surface area contributed by atoms with Crippen LogP contribution in [-0.2, 0) is 19.9 Å². The summed E-state index contributed by atoms with van der Waals surface area (Å²) in [6.45, 7) is 2.54. The van der Waals surface area contributed by atoms with Crippen LogP contribution in [0.3, 0.4) is 0 Å². The highest BCUT2D eigenvalue weighted by molar-refractivity contribution is 7.92. The van der Waals surface area contributed by atoms with E-state index >= 15 is 0 Å². The van der Waals surface area contributed by atoms with Crippen LogP contribution < -0.4 is 10.5 Å². The molecule has 0 aliphatic heterocycles. The second-order valence-corrected chi connectivity index (χ2v) is 10.3. The third-order valence-corrected chi connectivity index (χ3v) is 7.52. The topological polar surface area (TPSA) is 106 Å². The normalized spacial score (nSPS) is 13.4.